The van der Waals surface area contributed by atoms with Crippen molar-refractivity contribution in [1.82, 2.24) is 4.98 Å². The van der Waals surface area contributed by atoms with Crippen molar-refractivity contribution < 1.29 is 9.18 Å². The Morgan fingerprint density at radius 3 is 2.87 bits per heavy atom. The number of rotatable bonds is 3. The van der Waals surface area contributed by atoms with Gasteiger partial charge in [0.2, 0.25) is 0 Å². The summed E-state index contributed by atoms with van der Waals surface area (Å²) in [5.41, 5.74) is 0.115. The smallest absolute Gasteiger partial charge is 0.176 e. The molecule has 15 heavy (non-hydrogen) atoms. The van der Waals surface area contributed by atoms with Crippen LogP contribution in [0.3, 0.4) is 0 Å². The molecule has 0 saturated carbocycles. The largest absolute Gasteiger partial charge is 0.354 e. The van der Waals surface area contributed by atoms with Gasteiger partial charge >= 0.3 is 0 Å². The zero-order valence-corrected chi connectivity index (χ0v) is 9.63. The predicted molar refractivity (Wildman–Crippen MR) is 59.1 cm³/mol. The third kappa shape index (κ3) is 1.88. The number of Topliss-reactive ketones (excluding diaryl/α,β-unsaturated/α-hetero) is 1. The van der Waals surface area contributed by atoms with E-state index in [1.54, 1.807) is 0 Å². The number of alkyl halides is 1. The number of ketones is 1. The molecule has 0 radical (unpaired) electrons. The quantitative estimate of drug-likeness (QED) is 0.624. The molecular weight excluding hydrogens is 263 g/mol. The summed E-state index contributed by atoms with van der Waals surface area (Å²) in [7, 11) is 0. The lowest BCUT2D eigenvalue weighted by Gasteiger charge is -2.32. The van der Waals surface area contributed by atoms with Crippen LogP contribution < -0.4 is 4.90 Å². The average Bonchev–Trinajstić information content (AvgIpc) is 2.17. The zero-order chi connectivity index (χ0) is 10.8. The first-order chi connectivity index (χ1) is 7.24. The second-order valence-corrected chi connectivity index (χ2v) is 3.95. The number of carbonyl (C=O) groups is 1. The highest BCUT2D eigenvalue weighted by molar-refractivity contribution is 9.09. The molecule has 0 unspecified atom stereocenters. The highest BCUT2D eigenvalue weighted by Crippen LogP contribution is 2.23. The van der Waals surface area contributed by atoms with Gasteiger partial charge in [0, 0.05) is 19.3 Å². The van der Waals surface area contributed by atoms with Crippen LogP contribution in [0.15, 0.2) is 12.3 Å². The minimum absolute atomic E-state index is 0.115. The van der Waals surface area contributed by atoms with Gasteiger partial charge < -0.3 is 4.90 Å². The van der Waals surface area contributed by atoms with Gasteiger partial charge in [-0.2, -0.15) is 0 Å². The van der Waals surface area contributed by atoms with Gasteiger partial charge in [-0.15, -0.1) is 0 Å². The number of carbonyl (C=O) groups excluding carboxylic acids is 1. The molecule has 0 spiro atoms. The van der Waals surface area contributed by atoms with E-state index in [-0.39, 0.29) is 16.7 Å². The van der Waals surface area contributed by atoms with Crippen LogP contribution in [0, 0.1) is 5.82 Å². The number of hydrogen-bond acceptors (Lipinski definition) is 3. The predicted octanol–water partition coefficient (Wildman–Crippen LogP) is 2.01. The number of halogens is 2. The van der Waals surface area contributed by atoms with Gasteiger partial charge in [0.1, 0.15) is 0 Å². The number of aromatic nitrogens is 1. The van der Waals surface area contributed by atoms with E-state index in [4.69, 9.17) is 0 Å². The molecule has 0 aliphatic carbocycles. The van der Waals surface area contributed by atoms with Crippen LogP contribution in [-0.4, -0.2) is 29.2 Å². The second-order valence-electron chi connectivity index (χ2n) is 3.39. The third-order valence-electron chi connectivity index (χ3n) is 2.45. The Hall–Kier alpha value is -0.970. The Labute approximate surface area is 95.4 Å². The van der Waals surface area contributed by atoms with E-state index >= 15 is 0 Å². The minimum Gasteiger partial charge on any atom is -0.354 e. The molecule has 1 aliphatic rings. The van der Waals surface area contributed by atoms with Crippen molar-refractivity contribution in [1.29, 1.82) is 0 Å². The van der Waals surface area contributed by atoms with Gasteiger partial charge in [-0.05, 0) is 12.5 Å². The van der Waals surface area contributed by atoms with Crippen LogP contribution in [0.5, 0.6) is 0 Å². The molecule has 0 atom stereocenters. The van der Waals surface area contributed by atoms with E-state index in [0.717, 1.165) is 19.5 Å². The fraction of sp³-hybridized carbons (Fsp3) is 0.400. The van der Waals surface area contributed by atoms with E-state index < -0.39 is 5.82 Å². The Balaban J connectivity index is 2.36. The molecule has 1 aromatic heterocycles. The van der Waals surface area contributed by atoms with Crippen molar-refractivity contribution in [2.75, 3.05) is 23.3 Å². The minimum atomic E-state index is -0.498. The van der Waals surface area contributed by atoms with Gasteiger partial charge in [-0.3, -0.25) is 4.79 Å². The molecule has 80 valence electrons. The van der Waals surface area contributed by atoms with Gasteiger partial charge in [-0.1, -0.05) is 15.9 Å². The number of nitrogens with zero attached hydrogens (tertiary/aromatic N) is 2. The van der Waals surface area contributed by atoms with Gasteiger partial charge in [0.05, 0.1) is 10.9 Å². The Bertz CT molecular complexity index is 393. The van der Waals surface area contributed by atoms with E-state index in [1.807, 2.05) is 4.90 Å². The summed E-state index contributed by atoms with van der Waals surface area (Å²) in [6.07, 6.45) is 2.53. The molecular formula is C10H10BrFN2O. The van der Waals surface area contributed by atoms with Gasteiger partial charge in [0.15, 0.2) is 17.4 Å². The van der Waals surface area contributed by atoms with E-state index in [0.29, 0.717) is 5.82 Å². The van der Waals surface area contributed by atoms with Crippen LogP contribution in [0.25, 0.3) is 0 Å². The third-order valence-corrected chi connectivity index (χ3v) is 2.96. The Morgan fingerprint density at radius 2 is 2.33 bits per heavy atom. The first-order valence-electron chi connectivity index (χ1n) is 4.72. The molecule has 1 aromatic rings. The molecule has 3 nitrogen and oxygen atoms in total. The van der Waals surface area contributed by atoms with Gasteiger partial charge in [0.25, 0.3) is 0 Å². The number of pyridine rings is 1. The van der Waals surface area contributed by atoms with Crippen LogP contribution >= 0.6 is 15.9 Å². The summed E-state index contributed by atoms with van der Waals surface area (Å²) < 4.78 is 13.8. The average molecular weight is 273 g/mol. The van der Waals surface area contributed by atoms with Crippen molar-refractivity contribution in [3.05, 3.63) is 23.6 Å². The SMILES string of the molecule is O=C(CBr)c1ccnc(N2CCC2)c1F. The molecule has 2 heterocycles. The van der Waals surface area contributed by atoms with Crippen molar-refractivity contribution in [3.8, 4) is 0 Å². The van der Waals surface area contributed by atoms with E-state index in [2.05, 4.69) is 20.9 Å². The Morgan fingerprint density at radius 1 is 1.60 bits per heavy atom. The van der Waals surface area contributed by atoms with E-state index in [9.17, 15) is 9.18 Å². The number of hydrogen-bond donors (Lipinski definition) is 0. The maximum atomic E-state index is 13.8. The lowest BCUT2D eigenvalue weighted by atomic mass is 10.1. The maximum absolute atomic E-state index is 13.8. The molecule has 0 N–H and O–H groups in total. The number of anilines is 1. The maximum Gasteiger partial charge on any atom is 0.176 e. The van der Waals surface area contributed by atoms with Crippen molar-refractivity contribution >= 4 is 27.5 Å². The molecule has 1 saturated heterocycles. The first-order valence-corrected chi connectivity index (χ1v) is 5.85. The Kier molecular flexibility index (Phi) is 3.00. The fourth-order valence-electron chi connectivity index (χ4n) is 1.47. The molecule has 1 fully saturated rings. The summed E-state index contributed by atoms with van der Waals surface area (Å²) in [5, 5.41) is 0.132. The molecule has 0 bridgehead atoms. The molecule has 0 amide bonds. The summed E-state index contributed by atoms with van der Waals surface area (Å²) in [4.78, 5) is 17.2. The highest BCUT2D eigenvalue weighted by Gasteiger charge is 2.22. The topological polar surface area (TPSA) is 33.2 Å². The standard InChI is InChI=1S/C10H10BrFN2O/c11-6-8(15)7-2-3-13-10(9(7)12)14-4-1-5-14/h2-3H,1,4-6H2. The summed E-state index contributed by atoms with van der Waals surface area (Å²) in [6.45, 7) is 1.63. The van der Waals surface area contributed by atoms with Crippen LogP contribution in [0.2, 0.25) is 0 Å². The summed E-state index contributed by atoms with van der Waals surface area (Å²) >= 11 is 3.03. The summed E-state index contributed by atoms with van der Waals surface area (Å²) in [6, 6.07) is 1.42. The van der Waals surface area contributed by atoms with E-state index in [1.165, 1.54) is 12.3 Å². The zero-order valence-electron chi connectivity index (χ0n) is 8.04. The lowest BCUT2D eigenvalue weighted by Crippen LogP contribution is -2.38. The first kappa shape index (κ1) is 10.5. The van der Waals surface area contributed by atoms with Crippen LogP contribution in [-0.2, 0) is 0 Å². The van der Waals surface area contributed by atoms with Crippen molar-refractivity contribution in [3.63, 3.8) is 0 Å². The van der Waals surface area contributed by atoms with Crippen molar-refractivity contribution in [2.45, 2.75) is 6.42 Å². The summed E-state index contributed by atoms with van der Waals surface area (Å²) in [5.74, 6) is -0.452. The highest BCUT2D eigenvalue weighted by atomic mass is 79.9. The monoisotopic (exact) mass is 272 g/mol. The fourth-order valence-corrected chi connectivity index (χ4v) is 1.77. The van der Waals surface area contributed by atoms with Crippen LogP contribution in [0.1, 0.15) is 16.8 Å². The molecule has 2 rings (SSSR count). The lowest BCUT2D eigenvalue weighted by molar-refractivity contribution is 0.102. The molecule has 0 aromatic carbocycles. The normalized spacial score (nSPS) is 14.9. The van der Waals surface area contributed by atoms with Crippen LogP contribution in [0.4, 0.5) is 10.2 Å². The molecule has 5 heteroatoms. The molecule has 1 aliphatic heterocycles. The van der Waals surface area contributed by atoms with Crippen molar-refractivity contribution in [2.24, 2.45) is 0 Å². The van der Waals surface area contributed by atoms with Gasteiger partial charge in [-0.25, -0.2) is 9.37 Å². The second kappa shape index (κ2) is 4.26.